The quantitative estimate of drug-likeness (QED) is 0.0917. The maximum absolute atomic E-state index is 10.0. The Bertz CT molecular complexity index is 1900. The van der Waals surface area contributed by atoms with Crippen molar-refractivity contribution in [3.8, 4) is 0 Å². The Balaban J connectivity index is 0.000000670. The van der Waals surface area contributed by atoms with Gasteiger partial charge < -0.3 is 74.4 Å². The van der Waals surface area contributed by atoms with E-state index in [1.165, 1.54) is 74.0 Å². The number of nitrogens with zero attached hydrogens (tertiary/aromatic N) is 6. The number of hydrogen-bond acceptors (Lipinski definition) is 18. The zero-order valence-corrected chi connectivity index (χ0v) is 31.4. The molecule has 0 aliphatic carbocycles. The fourth-order valence-electron chi connectivity index (χ4n) is 3.00. The van der Waals surface area contributed by atoms with E-state index in [-0.39, 0.29) is 38.1 Å². The number of aromatic carboxylic acids is 3. The Morgan fingerprint density at radius 1 is 0.414 bits per heavy atom. The van der Waals surface area contributed by atoms with Crippen LogP contribution in [0.2, 0.25) is 0 Å². The second-order valence-corrected chi connectivity index (χ2v) is 9.45. The van der Waals surface area contributed by atoms with Gasteiger partial charge in [0.2, 0.25) is 0 Å². The van der Waals surface area contributed by atoms with Gasteiger partial charge in [-0.25, -0.2) is 15.0 Å². The van der Waals surface area contributed by atoms with Crippen molar-refractivity contribution in [2.45, 2.75) is 0 Å². The number of aliphatic carboxylic acids is 3. The fraction of sp³-hybridized carbons (Fsp3) is 0. The minimum absolute atomic E-state index is 0. The molecule has 0 aliphatic heterocycles. The van der Waals surface area contributed by atoms with E-state index in [1.54, 1.807) is 55.0 Å². The Morgan fingerprint density at radius 3 is 0.810 bits per heavy atom. The first-order valence-electron chi connectivity index (χ1n) is 15.3. The summed E-state index contributed by atoms with van der Waals surface area (Å²) in [6.07, 6.45) is 20.2. The minimum Gasteiger partial charge on any atom is -0.545 e. The average Bonchev–Trinajstić information content (AvgIpc) is 4.03. The molecule has 0 fully saturated rings. The molecule has 58 heavy (non-hydrogen) atoms. The molecule has 21 nitrogen and oxygen atoms in total. The largest absolute Gasteiger partial charge is 6.00 e. The molecule has 0 radical (unpaired) electrons. The van der Waals surface area contributed by atoms with Crippen LogP contribution in [-0.4, -0.2) is 80.7 Å². The van der Waals surface area contributed by atoms with Crippen molar-refractivity contribution in [3.05, 3.63) is 163 Å². The van der Waals surface area contributed by atoms with Crippen LogP contribution in [0, 0.1) is 0 Å². The zero-order valence-electron chi connectivity index (χ0n) is 29.3. The van der Waals surface area contributed by atoms with Crippen LogP contribution in [-0.2, 0) is 35.4 Å². The van der Waals surface area contributed by atoms with E-state index in [0.717, 1.165) is 18.2 Å². The number of aromatic amines is 3. The normalized spacial score (nSPS) is 9.52. The molecule has 22 heteroatoms. The molecule has 0 spiro atoms. The molecule has 6 heterocycles. The molecule has 0 bridgehead atoms. The third-order valence-corrected chi connectivity index (χ3v) is 5.35. The first-order valence-corrected chi connectivity index (χ1v) is 15.3. The zero-order chi connectivity index (χ0) is 42.3. The number of carbonyl (C=O) groups excluding carboxylic acids is 6. The second-order valence-electron chi connectivity index (χ2n) is 9.45. The Labute approximate surface area is 341 Å². The van der Waals surface area contributed by atoms with Gasteiger partial charge in [-0.3, -0.25) is 15.0 Å². The predicted molar refractivity (Wildman–Crippen MR) is 184 cm³/mol. The number of carboxylic acids is 6. The van der Waals surface area contributed by atoms with Crippen LogP contribution >= 0.6 is 0 Å². The molecule has 0 unspecified atom stereocenters. The molecule has 6 aromatic rings. The molecule has 0 atom stereocenters. The van der Waals surface area contributed by atoms with Crippen molar-refractivity contribution in [2.24, 2.45) is 0 Å². The number of imidazole rings is 3. The number of nitrogens with one attached hydrogen (secondary N) is 3. The summed E-state index contributed by atoms with van der Waals surface area (Å²) < 4.78 is 0. The van der Waals surface area contributed by atoms with Crippen LogP contribution < -0.4 is 30.6 Å². The van der Waals surface area contributed by atoms with Crippen LogP contribution in [0.1, 0.15) is 48.5 Å². The monoisotopic (exact) mass is 875 g/mol. The number of carboxylic acid groups (broad SMARTS) is 6. The number of pyridine rings is 3. The summed E-state index contributed by atoms with van der Waals surface area (Å²) in [5.41, 5.74) is 1.63. The SMILES string of the molecule is O=C([O-])C=Cc1c[nH]cn1.O=C([O-])C=Cc1c[nH]cn1.O=C([O-])C=Cc1c[nH]cn1.O=C([O-])c1ccccn1.O=C([O-])c1ccccn1.O=C([O-])c1ccccn1.[Mo+6]. The topological polar surface area (TPSA) is 365 Å². The Morgan fingerprint density at radius 2 is 0.672 bits per heavy atom. The third-order valence-electron chi connectivity index (χ3n) is 5.35. The summed E-state index contributed by atoms with van der Waals surface area (Å²) >= 11 is 0. The van der Waals surface area contributed by atoms with Crippen molar-refractivity contribution in [1.29, 1.82) is 0 Å². The molecule has 0 aliphatic rings. The molecular weight excluding hydrogens is 846 g/mol. The van der Waals surface area contributed by atoms with Gasteiger partial charge in [-0.05, 0) is 72.9 Å². The Hall–Kier alpha value is -8.19. The average molecular weight is 874 g/mol. The van der Waals surface area contributed by atoms with E-state index in [2.05, 4.69) is 44.9 Å². The molecule has 6 rings (SSSR count). The van der Waals surface area contributed by atoms with E-state index in [4.69, 9.17) is 0 Å². The minimum atomic E-state index is -1.24. The molecule has 294 valence electrons. The first kappa shape index (κ1) is 49.8. The summed E-state index contributed by atoms with van der Waals surface area (Å²) in [7, 11) is 0. The maximum Gasteiger partial charge on any atom is 6.00 e. The molecule has 0 saturated carbocycles. The van der Waals surface area contributed by atoms with Crippen LogP contribution in [0.4, 0.5) is 0 Å². The summed E-state index contributed by atoms with van der Waals surface area (Å²) in [6, 6.07) is 13.9. The number of H-pyrrole nitrogens is 3. The van der Waals surface area contributed by atoms with Gasteiger partial charge in [-0.15, -0.1) is 0 Å². The van der Waals surface area contributed by atoms with Gasteiger partial charge in [0.25, 0.3) is 0 Å². The van der Waals surface area contributed by atoms with Gasteiger partial charge in [0.15, 0.2) is 0 Å². The molecule has 0 aromatic carbocycles. The summed E-state index contributed by atoms with van der Waals surface area (Å²) in [5, 5.41) is 59.7. The van der Waals surface area contributed by atoms with Crippen molar-refractivity contribution < 1.29 is 80.5 Å². The number of hydrogen-bond donors (Lipinski definition) is 3. The van der Waals surface area contributed by atoms with E-state index in [0.29, 0.717) is 17.1 Å². The standard InChI is InChI=1S/3C6H6N2O2.3C6H5NO2.Mo/c3*9-6(10)2-1-5-3-7-4-8-5;3*8-6(9)5-3-1-2-4-7-5;/h3*1-4H,(H,7,8)(H,9,10);3*1-4H,(H,8,9);/q;;;;;;+6/p-6. The molecule has 3 N–H and O–H groups in total. The van der Waals surface area contributed by atoms with Gasteiger partial charge >= 0.3 is 21.1 Å². The maximum atomic E-state index is 10.0. The summed E-state index contributed by atoms with van der Waals surface area (Å²) in [5.74, 6) is -7.38. The van der Waals surface area contributed by atoms with Gasteiger partial charge in [0.1, 0.15) is 0 Å². The molecule has 0 amide bonds. The van der Waals surface area contributed by atoms with Crippen LogP contribution in [0.15, 0.2) is 129 Å². The van der Waals surface area contributed by atoms with Crippen molar-refractivity contribution in [3.63, 3.8) is 0 Å². The third kappa shape index (κ3) is 25.7. The number of aromatic nitrogens is 9. The predicted octanol–water partition coefficient (Wildman–Crippen LogP) is -4.15. The van der Waals surface area contributed by atoms with E-state index in [1.807, 2.05) is 0 Å². The van der Waals surface area contributed by atoms with E-state index in [9.17, 15) is 59.4 Å². The molecule has 0 saturated heterocycles. The molecule has 6 aromatic heterocycles. The fourth-order valence-corrected chi connectivity index (χ4v) is 3.00. The smallest absolute Gasteiger partial charge is 0.545 e. The van der Waals surface area contributed by atoms with Gasteiger partial charge in [-0.2, -0.15) is 0 Å². The van der Waals surface area contributed by atoms with E-state index < -0.39 is 35.8 Å². The second kappa shape index (κ2) is 30.2. The van der Waals surface area contributed by atoms with Crippen molar-refractivity contribution >= 4 is 54.0 Å². The summed E-state index contributed by atoms with van der Waals surface area (Å²) in [6.45, 7) is 0. The van der Waals surface area contributed by atoms with E-state index >= 15 is 0 Å². The van der Waals surface area contributed by atoms with Gasteiger partial charge in [-0.1, -0.05) is 18.2 Å². The van der Waals surface area contributed by atoms with Crippen LogP contribution in [0.3, 0.4) is 0 Å². The van der Waals surface area contributed by atoms with Crippen LogP contribution in [0.25, 0.3) is 18.2 Å². The first-order chi connectivity index (χ1) is 27.3. The van der Waals surface area contributed by atoms with Crippen molar-refractivity contribution in [1.82, 2.24) is 44.9 Å². The van der Waals surface area contributed by atoms with Gasteiger partial charge in [0.05, 0.1) is 89.0 Å². The molecular formula is C36H27MoN9O12. The number of carbonyl (C=O) groups is 6. The van der Waals surface area contributed by atoms with Crippen molar-refractivity contribution in [2.75, 3.05) is 0 Å². The van der Waals surface area contributed by atoms with Crippen LogP contribution in [0.5, 0.6) is 0 Å². The summed E-state index contributed by atoms with van der Waals surface area (Å²) in [4.78, 5) is 89.5. The number of rotatable bonds is 9. The Kier molecular flexibility index (Phi) is 25.9. The van der Waals surface area contributed by atoms with Gasteiger partial charge in [0, 0.05) is 37.2 Å².